The molecular weight excluding hydrogens is 336 g/mol. The highest BCUT2D eigenvalue weighted by Gasteiger charge is 2.20. The lowest BCUT2D eigenvalue weighted by Crippen LogP contribution is -2.36. The lowest BCUT2D eigenvalue weighted by Gasteiger charge is -2.15. The summed E-state index contributed by atoms with van der Waals surface area (Å²) in [6.07, 6.45) is 0.274. The van der Waals surface area contributed by atoms with Gasteiger partial charge < -0.3 is 19.7 Å². The van der Waals surface area contributed by atoms with Crippen LogP contribution in [0.5, 0.6) is 5.75 Å². The van der Waals surface area contributed by atoms with Crippen LogP contribution in [0.2, 0.25) is 0 Å². The second-order valence-corrected chi connectivity index (χ2v) is 5.83. The topological polar surface area (TPSA) is 97.6 Å². The van der Waals surface area contributed by atoms with Crippen LogP contribution in [0.3, 0.4) is 0 Å². The summed E-state index contributed by atoms with van der Waals surface area (Å²) in [4.78, 5) is 35.3. The van der Waals surface area contributed by atoms with Crippen LogP contribution in [0.25, 0.3) is 0 Å². The van der Waals surface area contributed by atoms with Gasteiger partial charge in [-0.3, -0.25) is 14.4 Å². The molecule has 1 atom stereocenters. The quantitative estimate of drug-likeness (QED) is 0.744. The van der Waals surface area contributed by atoms with Gasteiger partial charge in [0, 0.05) is 19.7 Å². The largest absolute Gasteiger partial charge is 0.494 e. The number of aromatic nitrogens is 1. The van der Waals surface area contributed by atoms with E-state index in [2.05, 4.69) is 5.32 Å². The van der Waals surface area contributed by atoms with E-state index in [1.165, 1.54) is 29.8 Å². The monoisotopic (exact) mass is 358 g/mol. The van der Waals surface area contributed by atoms with Gasteiger partial charge >= 0.3 is 5.97 Å². The van der Waals surface area contributed by atoms with Gasteiger partial charge in [0.25, 0.3) is 11.5 Å². The molecule has 1 unspecified atom stereocenters. The maximum atomic E-state index is 12.2. The fourth-order valence-corrected chi connectivity index (χ4v) is 2.52. The number of hydrogen-bond donors (Lipinski definition) is 2. The number of nitrogens with one attached hydrogen (secondary N) is 1. The van der Waals surface area contributed by atoms with E-state index in [0.717, 1.165) is 11.3 Å². The minimum Gasteiger partial charge on any atom is -0.494 e. The van der Waals surface area contributed by atoms with E-state index >= 15 is 0 Å². The molecule has 0 saturated carbocycles. The molecule has 0 saturated heterocycles. The third-order valence-electron chi connectivity index (χ3n) is 3.99. The molecule has 1 amide bonds. The normalized spacial score (nSPS) is 11.6. The van der Waals surface area contributed by atoms with Crippen molar-refractivity contribution in [1.82, 2.24) is 9.88 Å². The summed E-state index contributed by atoms with van der Waals surface area (Å²) >= 11 is 0. The van der Waals surface area contributed by atoms with Gasteiger partial charge in [-0.05, 0) is 37.1 Å². The van der Waals surface area contributed by atoms with Gasteiger partial charge in [-0.2, -0.15) is 0 Å². The predicted molar refractivity (Wildman–Crippen MR) is 96.5 cm³/mol. The molecule has 0 aliphatic rings. The third kappa shape index (κ3) is 4.95. The molecule has 0 radical (unpaired) electrons. The van der Waals surface area contributed by atoms with Crippen molar-refractivity contribution in [3.63, 3.8) is 0 Å². The zero-order valence-electron chi connectivity index (χ0n) is 14.8. The van der Waals surface area contributed by atoms with Gasteiger partial charge in [0.15, 0.2) is 0 Å². The van der Waals surface area contributed by atoms with Gasteiger partial charge in [-0.1, -0.05) is 18.2 Å². The Hall–Kier alpha value is -3.09. The lowest BCUT2D eigenvalue weighted by atomic mass is 9.99. The van der Waals surface area contributed by atoms with Crippen molar-refractivity contribution in [3.05, 3.63) is 64.1 Å². The second-order valence-electron chi connectivity index (χ2n) is 5.83. The van der Waals surface area contributed by atoms with E-state index in [4.69, 9.17) is 4.74 Å². The number of pyridine rings is 1. The predicted octanol–water partition coefficient (Wildman–Crippen LogP) is 1.46. The average Bonchev–Trinajstić information content (AvgIpc) is 2.62. The van der Waals surface area contributed by atoms with Crippen LogP contribution < -0.4 is 15.6 Å². The van der Waals surface area contributed by atoms with Gasteiger partial charge in [0.1, 0.15) is 11.4 Å². The van der Waals surface area contributed by atoms with Crippen LogP contribution in [0.1, 0.15) is 23.0 Å². The molecule has 7 heteroatoms. The fourth-order valence-electron chi connectivity index (χ4n) is 2.52. The third-order valence-corrected chi connectivity index (χ3v) is 3.99. The number of amides is 1. The molecule has 1 aromatic heterocycles. The molecule has 0 aliphatic heterocycles. The van der Waals surface area contributed by atoms with Gasteiger partial charge in [0.2, 0.25) is 0 Å². The second kappa shape index (κ2) is 8.84. The highest BCUT2D eigenvalue weighted by Crippen LogP contribution is 2.15. The minimum atomic E-state index is -0.999. The molecule has 26 heavy (non-hydrogen) atoms. The molecule has 0 aliphatic carbocycles. The van der Waals surface area contributed by atoms with Crippen LogP contribution in [-0.4, -0.2) is 34.7 Å². The number of carbonyl (C=O) groups is 2. The SMILES string of the molecule is CCOc1ccc(CC(CNC(=O)c2cccc(=O)n2C)C(=O)O)cc1. The summed E-state index contributed by atoms with van der Waals surface area (Å²) in [6.45, 7) is 2.41. The van der Waals surface area contributed by atoms with E-state index in [1.54, 1.807) is 12.1 Å². The molecule has 2 N–H and O–H groups in total. The summed E-state index contributed by atoms with van der Waals surface area (Å²) in [7, 11) is 1.49. The van der Waals surface area contributed by atoms with Crippen molar-refractivity contribution < 1.29 is 19.4 Å². The van der Waals surface area contributed by atoms with E-state index < -0.39 is 17.8 Å². The first-order valence-corrected chi connectivity index (χ1v) is 8.31. The van der Waals surface area contributed by atoms with E-state index in [0.29, 0.717) is 6.61 Å². The number of carboxylic acid groups (broad SMARTS) is 1. The molecule has 2 aromatic rings. The number of hydrogen-bond acceptors (Lipinski definition) is 4. The maximum Gasteiger partial charge on any atom is 0.308 e. The standard InChI is InChI=1S/C19H22N2O5/c1-3-26-15-9-7-13(8-10-15)11-14(19(24)25)12-20-18(23)16-5-4-6-17(22)21(16)2/h4-10,14H,3,11-12H2,1-2H3,(H,20,23)(H,24,25). The van der Waals surface area contributed by atoms with Crippen LogP contribution in [0, 0.1) is 5.92 Å². The number of aliphatic carboxylic acids is 1. The number of rotatable bonds is 8. The Morgan fingerprint density at radius 3 is 2.50 bits per heavy atom. The van der Waals surface area contributed by atoms with Crippen LogP contribution in [0.15, 0.2) is 47.3 Å². The highest BCUT2D eigenvalue weighted by atomic mass is 16.5. The zero-order chi connectivity index (χ0) is 19.1. The smallest absolute Gasteiger partial charge is 0.308 e. The molecule has 1 aromatic carbocycles. The molecule has 7 nitrogen and oxygen atoms in total. The minimum absolute atomic E-state index is 0.0372. The highest BCUT2D eigenvalue weighted by molar-refractivity contribution is 5.92. The maximum absolute atomic E-state index is 12.2. The van der Waals surface area contributed by atoms with Crippen molar-refractivity contribution in [2.75, 3.05) is 13.2 Å². The van der Waals surface area contributed by atoms with Gasteiger partial charge in [0.05, 0.1) is 12.5 Å². The molecule has 2 rings (SSSR count). The number of carboxylic acids is 1. The fraction of sp³-hybridized carbons (Fsp3) is 0.316. The molecule has 0 fully saturated rings. The van der Waals surface area contributed by atoms with Crippen molar-refractivity contribution in [3.8, 4) is 5.75 Å². The zero-order valence-corrected chi connectivity index (χ0v) is 14.8. The van der Waals surface area contributed by atoms with Gasteiger partial charge in [-0.15, -0.1) is 0 Å². The Morgan fingerprint density at radius 1 is 1.19 bits per heavy atom. The first-order valence-electron chi connectivity index (χ1n) is 8.31. The van der Waals surface area contributed by atoms with Crippen molar-refractivity contribution in [1.29, 1.82) is 0 Å². The lowest BCUT2D eigenvalue weighted by molar-refractivity contribution is -0.141. The first kappa shape index (κ1) is 19.2. The van der Waals surface area contributed by atoms with E-state index in [1.807, 2.05) is 19.1 Å². The van der Waals surface area contributed by atoms with Gasteiger partial charge in [-0.25, -0.2) is 0 Å². The summed E-state index contributed by atoms with van der Waals surface area (Å²) < 4.78 is 6.58. The van der Waals surface area contributed by atoms with Crippen LogP contribution in [-0.2, 0) is 18.3 Å². The molecule has 138 valence electrons. The number of carbonyl (C=O) groups excluding carboxylic acids is 1. The van der Waals surface area contributed by atoms with E-state index in [-0.39, 0.29) is 24.2 Å². The molecular formula is C19H22N2O5. The summed E-state index contributed by atoms with van der Waals surface area (Å²) in [6, 6.07) is 11.5. The number of benzene rings is 1. The Balaban J connectivity index is 2.02. The van der Waals surface area contributed by atoms with Crippen molar-refractivity contribution >= 4 is 11.9 Å². The van der Waals surface area contributed by atoms with Crippen LogP contribution >= 0.6 is 0 Å². The molecule has 0 spiro atoms. The summed E-state index contributed by atoms with van der Waals surface area (Å²) in [5, 5.41) is 12.0. The summed E-state index contributed by atoms with van der Waals surface area (Å²) in [5.41, 5.74) is 0.715. The van der Waals surface area contributed by atoms with E-state index in [9.17, 15) is 19.5 Å². The number of ether oxygens (including phenoxy) is 1. The summed E-state index contributed by atoms with van der Waals surface area (Å²) in [5.74, 6) is -1.54. The van der Waals surface area contributed by atoms with Crippen molar-refractivity contribution in [2.45, 2.75) is 13.3 Å². The van der Waals surface area contributed by atoms with Crippen molar-refractivity contribution in [2.24, 2.45) is 13.0 Å². The molecule has 0 bridgehead atoms. The first-order chi connectivity index (χ1) is 12.4. The Kier molecular flexibility index (Phi) is 6.54. The Bertz CT molecular complexity index is 827. The van der Waals surface area contributed by atoms with Crippen LogP contribution in [0.4, 0.5) is 0 Å². The average molecular weight is 358 g/mol. The Labute approximate surface area is 151 Å². The number of nitrogens with zero attached hydrogens (tertiary/aromatic N) is 1. The Morgan fingerprint density at radius 2 is 1.88 bits per heavy atom. The molecule has 1 heterocycles.